The van der Waals surface area contributed by atoms with Gasteiger partial charge in [-0.05, 0) is 22.3 Å². The predicted octanol–water partition coefficient (Wildman–Crippen LogP) is 6.44. The number of phosphoric acid groups is 2. The highest BCUT2D eigenvalue weighted by Crippen LogP contribution is 2.56. The summed E-state index contributed by atoms with van der Waals surface area (Å²) in [6.07, 6.45) is -11.7. The summed E-state index contributed by atoms with van der Waals surface area (Å²) in [6, 6.07) is 34.7. The number of carbonyl (C=O) groups excluding carboxylic acids is 2. The molecule has 6 atom stereocenters. The van der Waals surface area contributed by atoms with Crippen molar-refractivity contribution in [3.8, 4) is 0 Å². The summed E-state index contributed by atoms with van der Waals surface area (Å²) in [5, 5.41) is 23.2. The van der Waals surface area contributed by atoms with E-state index >= 15 is 0 Å². The van der Waals surface area contributed by atoms with Crippen LogP contribution in [0.3, 0.4) is 0 Å². The van der Waals surface area contributed by atoms with E-state index in [0.29, 0.717) is 22.3 Å². The van der Waals surface area contributed by atoms with Crippen LogP contribution in [0.5, 0.6) is 0 Å². The van der Waals surface area contributed by atoms with Crippen molar-refractivity contribution in [2.45, 2.75) is 76.9 Å². The van der Waals surface area contributed by atoms with Gasteiger partial charge in [-0.25, -0.2) is 9.13 Å². The van der Waals surface area contributed by atoms with Gasteiger partial charge in [-0.2, -0.15) is 0 Å². The molecule has 4 aromatic carbocycles. The molecule has 0 saturated heterocycles. The molecule has 4 aromatic rings. The van der Waals surface area contributed by atoms with Gasteiger partial charge in [-0.1, -0.05) is 121 Å². The third-order valence-corrected chi connectivity index (χ3v) is 10.8. The summed E-state index contributed by atoms with van der Waals surface area (Å²) in [5.74, 6) is -1.88. The molecule has 0 bridgehead atoms. The number of aliphatic hydroxyl groups excluding tert-OH is 2. The van der Waals surface area contributed by atoms with E-state index in [1.54, 1.807) is 121 Å². The van der Waals surface area contributed by atoms with Gasteiger partial charge in [0.05, 0.1) is 26.4 Å². The van der Waals surface area contributed by atoms with Gasteiger partial charge < -0.3 is 19.7 Å². The van der Waals surface area contributed by atoms with E-state index in [-0.39, 0.29) is 26.4 Å². The molecule has 2 N–H and O–H groups in total. The molecule has 0 radical (unpaired) electrons. The van der Waals surface area contributed by atoms with Crippen molar-refractivity contribution < 1.29 is 65.5 Å². The number of rotatable bonds is 18. The van der Waals surface area contributed by atoms with Gasteiger partial charge in [0.2, 0.25) is 0 Å². The molecule has 1 aliphatic rings. The number of benzene rings is 4. The topological polar surface area (TPSA) is 183 Å². The third-order valence-electron chi connectivity index (χ3n) is 8.03. The summed E-state index contributed by atoms with van der Waals surface area (Å²) in [4.78, 5) is 25.1. The van der Waals surface area contributed by atoms with Gasteiger partial charge in [-0.15, -0.1) is 0 Å². The van der Waals surface area contributed by atoms with Crippen molar-refractivity contribution in [2.75, 3.05) is 0 Å². The quantitative estimate of drug-likeness (QED) is 0.0831. The van der Waals surface area contributed by atoms with Crippen LogP contribution in [0.15, 0.2) is 121 Å². The summed E-state index contributed by atoms with van der Waals surface area (Å²) in [5.41, 5.74) is 2.38. The Morgan fingerprint density at radius 3 is 0.926 bits per heavy atom. The second kappa shape index (κ2) is 19.5. The molecule has 1 saturated carbocycles. The fourth-order valence-electron chi connectivity index (χ4n) is 5.45. The van der Waals surface area contributed by atoms with E-state index < -0.39 is 64.2 Å². The monoisotopic (exact) mass is 784 g/mol. The Balaban J connectivity index is 1.47. The first-order valence-electron chi connectivity index (χ1n) is 16.9. The number of hydrogen-bond acceptors (Lipinski definition) is 14. The van der Waals surface area contributed by atoms with E-state index in [4.69, 9.17) is 36.6 Å². The molecule has 0 aliphatic heterocycles. The van der Waals surface area contributed by atoms with Crippen LogP contribution in [-0.4, -0.2) is 58.8 Å². The van der Waals surface area contributed by atoms with Crippen LogP contribution >= 0.6 is 15.6 Å². The van der Waals surface area contributed by atoms with Crippen LogP contribution in [0, 0.1) is 0 Å². The summed E-state index contributed by atoms with van der Waals surface area (Å²) < 4.78 is 74.3. The Labute approximate surface area is 313 Å². The molecule has 1 aliphatic carbocycles. The molecule has 54 heavy (non-hydrogen) atoms. The standard InChI is InChI=1S/C38H42O14P2/c1-27(39)49-37-35(51-53(43,45-23-29-15-7-3-8-16-29)46-24-30-17-9-4-10-18-30)33(41)34(42)36(38(37)50-28(2)40)52-54(44,47-25-31-19-11-5-12-20-31)48-26-32-21-13-6-14-22-32/h3-22,33-38,41-42H,23-26H2,1-2H3/t33-,34+,35-,36-,37+,38+/m1/s1. The predicted molar refractivity (Wildman–Crippen MR) is 193 cm³/mol. The first-order chi connectivity index (χ1) is 25.9. The Bertz CT molecular complexity index is 1630. The molecular formula is C38H42O14P2. The SMILES string of the molecule is CC(=O)O[C@@H]1[C@@H](OC(C)=O)[C@H](OP(=O)(OCc2ccccc2)OCc2ccccc2)[C@@H](O)[C@@H](O)[C@H]1OP(=O)(OCc1ccccc1)OCc1ccccc1. The number of carbonyl (C=O) groups is 2. The lowest BCUT2D eigenvalue weighted by atomic mass is 9.84. The molecule has 0 amide bonds. The number of hydrogen-bond donors (Lipinski definition) is 2. The lowest BCUT2D eigenvalue weighted by molar-refractivity contribution is -0.236. The van der Waals surface area contributed by atoms with Crippen LogP contribution < -0.4 is 0 Å². The largest absolute Gasteiger partial charge is 0.475 e. The first-order valence-corrected chi connectivity index (χ1v) is 19.9. The highest BCUT2D eigenvalue weighted by molar-refractivity contribution is 7.48. The molecule has 5 rings (SSSR count). The van der Waals surface area contributed by atoms with Crippen LogP contribution in [0.1, 0.15) is 36.1 Å². The van der Waals surface area contributed by atoms with E-state index in [0.717, 1.165) is 13.8 Å². The highest BCUT2D eigenvalue weighted by atomic mass is 31.2. The maximum absolute atomic E-state index is 14.4. The number of esters is 2. The molecule has 0 aromatic heterocycles. The summed E-state index contributed by atoms with van der Waals surface area (Å²) >= 11 is 0. The minimum atomic E-state index is -4.72. The molecule has 16 heteroatoms. The van der Waals surface area contributed by atoms with Crippen molar-refractivity contribution in [3.05, 3.63) is 144 Å². The van der Waals surface area contributed by atoms with E-state index in [9.17, 15) is 28.9 Å². The average molecular weight is 785 g/mol. The van der Waals surface area contributed by atoms with Crippen LogP contribution in [0.25, 0.3) is 0 Å². The van der Waals surface area contributed by atoms with Crippen LogP contribution in [0.2, 0.25) is 0 Å². The van der Waals surface area contributed by atoms with Crippen LogP contribution in [-0.2, 0) is 81.8 Å². The Hall–Kier alpha value is -4.04. The van der Waals surface area contributed by atoms with E-state index in [2.05, 4.69) is 0 Å². The number of aliphatic hydroxyl groups is 2. The smallest absolute Gasteiger partial charge is 0.456 e. The van der Waals surface area contributed by atoms with Gasteiger partial charge in [0.15, 0.2) is 12.2 Å². The fraction of sp³-hybridized carbons (Fsp3) is 0.316. The summed E-state index contributed by atoms with van der Waals surface area (Å²) in [6.45, 7) is 0.992. The number of phosphoric ester groups is 2. The second-order valence-corrected chi connectivity index (χ2v) is 15.4. The van der Waals surface area contributed by atoms with Crippen molar-refractivity contribution in [3.63, 3.8) is 0 Å². The van der Waals surface area contributed by atoms with E-state index in [1.807, 2.05) is 0 Å². The molecule has 288 valence electrons. The Morgan fingerprint density at radius 2 is 0.704 bits per heavy atom. The summed E-state index contributed by atoms with van der Waals surface area (Å²) in [7, 11) is -9.44. The minimum Gasteiger partial charge on any atom is -0.456 e. The molecule has 0 spiro atoms. The minimum absolute atomic E-state index is 0.268. The van der Waals surface area contributed by atoms with Gasteiger partial charge in [0.1, 0.15) is 24.4 Å². The number of ether oxygens (including phenoxy) is 2. The Kier molecular flexibility index (Phi) is 14.9. The zero-order valence-corrected chi connectivity index (χ0v) is 31.3. The molecular weight excluding hydrogens is 742 g/mol. The first kappa shape index (κ1) is 41.1. The zero-order chi connectivity index (χ0) is 38.6. The average Bonchev–Trinajstić information content (AvgIpc) is 3.18. The molecule has 14 nitrogen and oxygen atoms in total. The van der Waals surface area contributed by atoms with Crippen molar-refractivity contribution in [1.82, 2.24) is 0 Å². The normalized spacial score (nSPS) is 21.6. The Morgan fingerprint density at radius 1 is 0.463 bits per heavy atom. The molecule has 0 heterocycles. The lowest BCUT2D eigenvalue weighted by Crippen LogP contribution is -2.66. The van der Waals surface area contributed by atoms with Gasteiger partial charge in [0, 0.05) is 13.8 Å². The molecule has 0 unspecified atom stereocenters. The molecule has 1 fully saturated rings. The lowest BCUT2D eigenvalue weighted by Gasteiger charge is -2.46. The zero-order valence-electron chi connectivity index (χ0n) is 29.5. The third kappa shape index (κ3) is 12.0. The van der Waals surface area contributed by atoms with Crippen molar-refractivity contribution in [2.24, 2.45) is 0 Å². The van der Waals surface area contributed by atoms with Crippen LogP contribution in [0.4, 0.5) is 0 Å². The van der Waals surface area contributed by atoms with Crippen molar-refractivity contribution in [1.29, 1.82) is 0 Å². The van der Waals surface area contributed by atoms with Crippen molar-refractivity contribution >= 4 is 27.6 Å². The van der Waals surface area contributed by atoms with Gasteiger partial charge in [-0.3, -0.25) is 36.7 Å². The van der Waals surface area contributed by atoms with Gasteiger partial charge >= 0.3 is 27.6 Å². The maximum Gasteiger partial charge on any atom is 0.475 e. The van der Waals surface area contributed by atoms with Gasteiger partial charge in [0.25, 0.3) is 0 Å². The highest BCUT2D eigenvalue weighted by Gasteiger charge is 2.59. The maximum atomic E-state index is 14.4. The second-order valence-electron chi connectivity index (χ2n) is 12.2. The van der Waals surface area contributed by atoms with E-state index in [1.165, 1.54) is 0 Å². The fourth-order valence-corrected chi connectivity index (χ4v) is 8.16.